The Morgan fingerprint density at radius 1 is 0.810 bits per heavy atom. The van der Waals surface area contributed by atoms with Crippen molar-refractivity contribution in [1.82, 2.24) is 4.90 Å². The number of nitrogens with two attached hydrogens (primary N) is 1. The Kier molecular flexibility index (Phi) is 11.8. The number of unbranched alkanes of at least 4 members (excludes halogenated alkanes) is 2. The third kappa shape index (κ3) is 8.97. The average Bonchev–Trinajstić information content (AvgIpc) is 2.96. The fourth-order valence-electron chi connectivity index (χ4n) is 4.44. The molecule has 0 spiro atoms. The van der Waals surface area contributed by atoms with Crippen molar-refractivity contribution in [3.63, 3.8) is 0 Å². The number of sulfonamides is 1. The zero-order chi connectivity index (χ0) is 30.7. The van der Waals surface area contributed by atoms with Crippen LogP contribution in [0.2, 0.25) is 0 Å². The van der Waals surface area contributed by atoms with Gasteiger partial charge in [0.1, 0.15) is 11.6 Å². The molecule has 10 heteroatoms. The molecule has 0 heterocycles. The number of amidine groups is 1. The maximum absolute atomic E-state index is 13.0. The molecule has 0 unspecified atom stereocenters. The quantitative estimate of drug-likeness (QED) is 0.136. The number of nitrogens with zero attached hydrogens (tertiary/aromatic N) is 2. The second-order valence-corrected chi connectivity index (χ2v) is 11.9. The number of amides is 1. The Labute approximate surface area is 249 Å². The third-order valence-electron chi connectivity index (χ3n) is 6.48. The van der Waals surface area contributed by atoms with E-state index in [4.69, 9.17) is 19.9 Å². The van der Waals surface area contributed by atoms with E-state index in [9.17, 15) is 13.2 Å². The fraction of sp³-hybridized carbons (Fsp3) is 0.375. The smallest absolute Gasteiger partial charge is 0.284 e. The van der Waals surface area contributed by atoms with E-state index in [2.05, 4.69) is 4.40 Å². The van der Waals surface area contributed by atoms with Crippen LogP contribution in [0.1, 0.15) is 62.9 Å². The molecule has 3 rings (SSSR count). The SMILES string of the molecule is COc1cc(C(=O)N(C(C)C)C(C)C)ccc1OCCCCCOc1ccc(/C(N)=N/S(=O)(=O)c2ccccc2)cc1. The highest BCUT2D eigenvalue weighted by atomic mass is 32.2. The van der Waals surface area contributed by atoms with Crippen LogP contribution < -0.4 is 19.9 Å². The molecule has 3 aromatic carbocycles. The highest BCUT2D eigenvalue weighted by molar-refractivity contribution is 7.90. The van der Waals surface area contributed by atoms with Crippen LogP contribution in [-0.2, 0) is 10.0 Å². The van der Waals surface area contributed by atoms with E-state index in [1.165, 1.54) is 12.1 Å². The van der Waals surface area contributed by atoms with Crippen LogP contribution in [-0.4, -0.2) is 57.5 Å². The van der Waals surface area contributed by atoms with Gasteiger partial charge in [0.25, 0.3) is 15.9 Å². The highest BCUT2D eigenvalue weighted by Crippen LogP contribution is 2.29. The summed E-state index contributed by atoms with van der Waals surface area (Å²) in [7, 11) is -2.31. The molecule has 226 valence electrons. The molecular formula is C32H41N3O6S. The van der Waals surface area contributed by atoms with Crippen LogP contribution in [0.3, 0.4) is 0 Å². The van der Waals surface area contributed by atoms with Gasteiger partial charge in [-0.2, -0.15) is 8.42 Å². The summed E-state index contributed by atoms with van der Waals surface area (Å²) in [5.41, 5.74) is 7.00. The Balaban J connectivity index is 1.42. The first-order valence-electron chi connectivity index (χ1n) is 14.1. The predicted molar refractivity (Wildman–Crippen MR) is 165 cm³/mol. The van der Waals surface area contributed by atoms with Crippen molar-refractivity contribution < 1.29 is 27.4 Å². The van der Waals surface area contributed by atoms with Crippen molar-refractivity contribution in [2.24, 2.45) is 10.1 Å². The summed E-state index contributed by atoms with van der Waals surface area (Å²) in [6.45, 7) is 9.05. The van der Waals surface area contributed by atoms with Gasteiger partial charge in [-0.05, 0) is 102 Å². The first-order valence-corrected chi connectivity index (χ1v) is 15.5. The zero-order valence-electron chi connectivity index (χ0n) is 24.9. The Morgan fingerprint density at radius 3 is 2.00 bits per heavy atom. The van der Waals surface area contributed by atoms with Gasteiger partial charge in [0.15, 0.2) is 11.5 Å². The van der Waals surface area contributed by atoms with Crippen LogP contribution in [0, 0.1) is 0 Å². The molecular weight excluding hydrogens is 554 g/mol. The van der Waals surface area contributed by atoms with E-state index in [1.807, 2.05) is 32.6 Å². The van der Waals surface area contributed by atoms with Gasteiger partial charge < -0.3 is 24.8 Å². The summed E-state index contributed by atoms with van der Waals surface area (Å²) in [4.78, 5) is 14.9. The van der Waals surface area contributed by atoms with Gasteiger partial charge in [0.2, 0.25) is 0 Å². The van der Waals surface area contributed by atoms with Gasteiger partial charge in [-0.15, -0.1) is 4.40 Å². The number of rotatable bonds is 15. The minimum Gasteiger partial charge on any atom is -0.494 e. The summed E-state index contributed by atoms with van der Waals surface area (Å²) in [5, 5.41) is 0. The van der Waals surface area contributed by atoms with Gasteiger partial charge in [-0.3, -0.25) is 4.79 Å². The van der Waals surface area contributed by atoms with Crippen LogP contribution in [0.4, 0.5) is 0 Å². The van der Waals surface area contributed by atoms with E-state index in [1.54, 1.807) is 67.8 Å². The third-order valence-corrected chi connectivity index (χ3v) is 7.79. The van der Waals surface area contributed by atoms with E-state index in [0.717, 1.165) is 19.3 Å². The number of benzene rings is 3. The van der Waals surface area contributed by atoms with Crippen molar-refractivity contribution >= 4 is 21.8 Å². The number of hydrogen-bond donors (Lipinski definition) is 1. The van der Waals surface area contributed by atoms with Gasteiger partial charge in [-0.25, -0.2) is 0 Å². The second kappa shape index (κ2) is 15.3. The molecule has 0 aromatic heterocycles. The molecule has 3 aromatic rings. The summed E-state index contributed by atoms with van der Waals surface area (Å²) >= 11 is 0. The molecule has 0 radical (unpaired) electrons. The van der Waals surface area contributed by atoms with Crippen molar-refractivity contribution in [3.8, 4) is 17.2 Å². The molecule has 0 aliphatic heterocycles. The topological polar surface area (TPSA) is 121 Å². The molecule has 0 fully saturated rings. The minimum absolute atomic E-state index is 0.0351. The molecule has 0 aliphatic rings. The molecule has 9 nitrogen and oxygen atoms in total. The Bertz CT molecular complexity index is 1430. The van der Waals surface area contributed by atoms with Crippen molar-refractivity contribution in [1.29, 1.82) is 0 Å². The predicted octanol–water partition coefficient (Wildman–Crippen LogP) is 5.68. The summed E-state index contributed by atoms with van der Waals surface area (Å²) in [6, 6.07) is 20.2. The van der Waals surface area contributed by atoms with Crippen LogP contribution in [0.15, 0.2) is 82.1 Å². The number of hydrogen-bond acceptors (Lipinski definition) is 6. The summed E-state index contributed by atoms with van der Waals surface area (Å²) in [6.07, 6.45) is 2.55. The molecule has 0 bridgehead atoms. The molecule has 0 aliphatic carbocycles. The maximum Gasteiger partial charge on any atom is 0.284 e. The first-order chi connectivity index (χ1) is 20.0. The summed E-state index contributed by atoms with van der Waals surface area (Å²) < 4.78 is 45.8. The average molecular weight is 596 g/mol. The van der Waals surface area contributed by atoms with Crippen LogP contribution >= 0.6 is 0 Å². The molecule has 0 saturated carbocycles. The lowest BCUT2D eigenvalue weighted by atomic mass is 10.1. The summed E-state index contributed by atoms with van der Waals surface area (Å²) in [5.74, 6) is 1.67. The lowest BCUT2D eigenvalue weighted by Gasteiger charge is -2.31. The second-order valence-electron chi connectivity index (χ2n) is 10.3. The molecule has 0 saturated heterocycles. The minimum atomic E-state index is -3.88. The number of carbonyl (C=O) groups is 1. The van der Waals surface area contributed by atoms with Gasteiger partial charge in [0, 0.05) is 23.2 Å². The Morgan fingerprint density at radius 2 is 1.40 bits per heavy atom. The Hall–Kier alpha value is -4.05. The van der Waals surface area contributed by atoms with Crippen LogP contribution in [0.25, 0.3) is 0 Å². The van der Waals surface area contributed by atoms with E-state index in [-0.39, 0.29) is 28.7 Å². The van der Waals surface area contributed by atoms with Gasteiger partial charge in [0.05, 0.1) is 25.2 Å². The highest BCUT2D eigenvalue weighted by Gasteiger charge is 2.22. The maximum atomic E-state index is 13.0. The molecule has 2 N–H and O–H groups in total. The first kappa shape index (κ1) is 32.5. The number of carbonyl (C=O) groups excluding carboxylic acids is 1. The van der Waals surface area contributed by atoms with E-state index < -0.39 is 10.0 Å². The largest absolute Gasteiger partial charge is 0.494 e. The molecule has 42 heavy (non-hydrogen) atoms. The van der Waals surface area contributed by atoms with Gasteiger partial charge >= 0.3 is 0 Å². The van der Waals surface area contributed by atoms with E-state index in [0.29, 0.717) is 41.6 Å². The lowest BCUT2D eigenvalue weighted by Crippen LogP contribution is -2.42. The van der Waals surface area contributed by atoms with Crippen molar-refractivity contribution in [2.75, 3.05) is 20.3 Å². The number of methoxy groups -OCH3 is 1. The number of ether oxygens (including phenoxy) is 3. The monoisotopic (exact) mass is 595 g/mol. The fourth-order valence-corrected chi connectivity index (χ4v) is 5.41. The molecule has 1 amide bonds. The van der Waals surface area contributed by atoms with Crippen molar-refractivity contribution in [2.45, 2.75) is 63.9 Å². The lowest BCUT2D eigenvalue weighted by molar-refractivity contribution is 0.0643. The van der Waals surface area contributed by atoms with Crippen LogP contribution in [0.5, 0.6) is 17.2 Å². The van der Waals surface area contributed by atoms with Gasteiger partial charge in [-0.1, -0.05) is 18.2 Å². The zero-order valence-corrected chi connectivity index (χ0v) is 25.8. The standard InChI is InChI=1S/C32H41N3O6S/c1-23(2)35(24(3)4)32(36)26-16-19-29(30(22-26)39-5)41-21-11-7-10-20-40-27-17-14-25(15-18-27)31(33)34-42(37,38)28-12-8-6-9-13-28/h6,8-9,12-19,22-24H,7,10-11,20-21H2,1-5H3,(H2,33,34). The van der Waals surface area contributed by atoms with Crippen molar-refractivity contribution in [3.05, 3.63) is 83.9 Å². The van der Waals surface area contributed by atoms with E-state index >= 15 is 0 Å². The molecule has 0 atom stereocenters. The normalized spacial score (nSPS) is 11.9.